The third kappa shape index (κ3) is 5.78. The van der Waals surface area contributed by atoms with E-state index < -0.39 is 29.9 Å². The molecule has 180 valence electrons. The van der Waals surface area contributed by atoms with E-state index in [0.717, 1.165) is 22.0 Å². The van der Waals surface area contributed by atoms with Crippen LogP contribution in [0.3, 0.4) is 0 Å². The number of rotatable bonds is 6. The number of carbonyl (C=O) groups is 3. The maximum absolute atomic E-state index is 15.0. The van der Waals surface area contributed by atoms with Crippen molar-refractivity contribution in [3.63, 3.8) is 0 Å². The van der Waals surface area contributed by atoms with Gasteiger partial charge in [-0.2, -0.15) is 0 Å². The molecule has 2 saturated heterocycles. The van der Waals surface area contributed by atoms with Crippen LogP contribution in [0, 0.1) is 11.6 Å². The molecule has 0 saturated carbocycles. The fourth-order valence-electron chi connectivity index (χ4n) is 3.56. The Bertz CT molecular complexity index is 923. The van der Waals surface area contributed by atoms with Gasteiger partial charge in [-0.05, 0) is 0 Å². The highest BCUT2D eigenvalue weighted by Crippen LogP contribution is 2.31. The molecule has 14 heteroatoms. The van der Waals surface area contributed by atoms with Crippen LogP contribution >= 0.6 is 0 Å². The van der Waals surface area contributed by atoms with Gasteiger partial charge in [0.25, 0.3) is 5.91 Å². The third-order valence-electron chi connectivity index (χ3n) is 4.98. The predicted molar refractivity (Wildman–Crippen MR) is 114 cm³/mol. The lowest BCUT2D eigenvalue weighted by Crippen LogP contribution is -2.48. The van der Waals surface area contributed by atoms with Crippen LogP contribution in [0.4, 0.5) is 25.0 Å². The Balaban J connectivity index is 1.70. The van der Waals surface area contributed by atoms with Crippen LogP contribution in [-0.4, -0.2) is 73.4 Å². The number of hydrogen-bond acceptors (Lipinski definition) is 9. The van der Waals surface area contributed by atoms with E-state index in [4.69, 9.17) is 16.3 Å². The first kappa shape index (κ1) is 24.0. The van der Waals surface area contributed by atoms with E-state index in [1.807, 2.05) is 0 Å². The average molecular weight is 468 g/mol. The second-order valence-electron chi connectivity index (χ2n) is 7.40. The first-order valence-corrected chi connectivity index (χ1v) is 10.1. The van der Waals surface area contributed by atoms with Crippen molar-refractivity contribution in [3.05, 3.63) is 36.2 Å². The largest absolute Gasteiger partial charge is 0.423 e. The van der Waals surface area contributed by atoms with Crippen LogP contribution in [0.5, 0.6) is 0 Å². The number of cyclic esters (lactones) is 1. The lowest BCUT2D eigenvalue weighted by Gasteiger charge is -2.25. The summed E-state index contributed by atoms with van der Waals surface area (Å²) >= 11 is 0. The van der Waals surface area contributed by atoms with E-state index in [1.54, 1.807) is 0 Å². The van der Waals surface area contributed by atoms with Crippen molar-refractivity contribution >= 4 is 29.3 Å². The quantitative estimate of drug-likeness (QED) is 0.309. The fourth-order valence-corrected chi connectivity index (χ4v) is 3.56. The molecular formula is C19H26F2N8O4. The Hall–Kier alpha value is -3.65. The zero-order valence-corrected chi connectivity index (χ0v) is 18.0. The van der Waals surface area contributed by atoms with E-state index in [-0.39, 0.29) is 56.6 Å². The standard InChI is InChI=1S/C19H26F2N8O4/c1-12(30)25-16-10-28(19(32)33-16)13-8-14(20)18(15(21)9-13)26-5-3-24-29(7-6-26)17(31)11-27(23)4-2-22/h2,4,8-9,16,24H,3,5-7,10-11,22-23H2,1H3,(H,25,30)/b4-2-. The van der Waals surface area contributed by atoms with Crippen molar-refractivity contribution in [2.75, 3.05) is 49.1 Å². The first-order chi connectivity index (χ1) is 15.7. The first-order valence-electron chi connectivity index (χ1n) is 10.1. The second-order valence-corrected chi connectivity index (χ2v) is 7.40. The molecule has 1 aromatic carbocycles. The highest BCUT2D eigenvalue weighted by Gasteiger charge is 2.34. The summed E-state index contributed by atoms with van der Waals surface area (Å²) in [6.07, 6.45) is 0.794. The number of carbonyl (C=O) groups excluding carboxylic acids is 3. The van der Waals surface area contributed by atoms with Crippen molar-refractivity contribution in [1.82, 2.24) is 20.8 Å². The molecule has 3 amide bonds. The molecule has 0 aliphatic carbocycles. The van der Waals surface area contributed by atoms with Gasteiger partial charge < -0.3 is 25.7 Å². The zero-order chi connectivity index (χ0) is 24.1. The van der Waals surface area contributed by atoms with Gasteiger partial charge in [0, 0.05) is 51.1 Å². The Morgan fingerprint density at radius 1 is 1.30 bits per heavy atom. The number of benzene rings is 1. The molecule has 0 aromatic heterocycles. The summed E-state index contributed by atoms with van der Waals surface area (Å²) in [5, 5.41) is 4.87. The van der Waals surface area contributed by atoms with Crippen LogP contribution < -0.4 is 32.1 Å². The number of nitrogens with zero attached hydrogens (tertiary/aromatic N) is 4. The number of hydrazine groups is 2. The molecule has 2 aliphatic rings. The summed E-state index contributed by atoms with van der Waals surface area (Å²) in [7, 11) is 0. The van der Waals surface area contributed by atoms with Crippen LogP contribution in [0.2, 0.25) is 0 Å². The van der Waals surface area contributed by atoms with E-state index >= 15 is 0 Å². The van der Waals surface area contributed by atoms with Crippen LogP contribution in [0.25, 0.3) is 0 Å². The maximum Gasteiger partial charge on any atom is 0.416 e. The van der Waals surface area contributed by atoms with Crippen molar-refractivity contribution in [3.8, 4) is 0 Å². The van der Waals surface area contributed by atoms with Gasteiger partial charge in [-0.3, -0.25) is 19.5 Å². The number of ether oxygens (including phenoxy) is 1. The van der Waals surface area contributed by atoms with Gasteiger partial charge in [-0.25, -0.2) is 24.8 Å². The van der Waals surface area contributed by atoms with Crippen LogP contribution in [0.1, 0.15) is 6.92 Å². The third-order valence-corrected chi connectivity index (χ3v) is 4.98. The summed E-state index contributed by atoms with van der Waals surface area (Å²) in [4.78, 5) is 38.1. The van der Waals surface area contributed by atoms with Crippen LogP contribution in [0.15, 0.2) is 24.5 Å². The van der Waals surface area contributed by atoms with Gasteiger partial charge in [-0.15, -0.1) is 0 Å². The molecule has 0 radical (unpaired) electrons. The summed E-state index contributed by atoms with van der Waals surface area (Å²) in [6.45, 7) is 1.82. The molecule has 2 heterocycles. The molecule has 6 N–H and O–H groups in total. The monoisotopic (exact) mass is 468 g/mol. The molecule has 1 aromatic rings. The van der Waals surface area contributed by atoms with E-state index in [2.05, 4.69) is 10.7 Å². The Kier molecular flexibility index (Phi) is 7.50. The summed E-state index contributed by atoms with van der Waals surface area (Å²) in [5.41, 5.74) is 7.84. The van der Waals surface area contributed by atoms with Gasteiger partial charge in [0.1, 0.15) is 12.2 Å². The maximum atomic E-state index is 15.0. The number of nitrogens with one attached hydrogen (secondary N) is 2. The number of anilines is 2. The molecule has 2 fully saturated rings. The molecular weight excluding hydrogens is 442 g/mol. The lowest BCUT2D eigenvalue weighted by molar-refractivity contribution is -0.134. The lowest BCUT2D eigenvalue weighted by atomic mass is 10.2. The topological polar surface area (TPSA) is 150 Å². The molecule has 1 unspecified atom stereocenters. The highest BCUT2D eigenvalue weighted by atomic mass is 19.1. The molecule has 1 atom stereocenters. The van der Waals surface area contributed by atoms with Gasteiger partial charge in [0.2, 0.25) is 5.91 Å². The van der Waals surface area contributed by atoms with Gasteiger partial charge in [0.05, 0.1) is 18.8 Å². The summed E-state index contributed by atoms with van der Waals surface area (Å²) < 4.78 is 34.9. The SMILES string of the molecule is CC(=O)NC1CN(c2cc(F)c(N3CCNN(C(=O)CN(N)/C=C\N)CC3)c(F)c2)C(=O)O1. The normalized spacial score (nSPS) is 19.0. The Labute approximate surface area is 188 Å². The van der Waals surface area contributed by atoms with E-state index in [9.17, 15) is 23.2 Å². The summed E-state index contributed by atoms with van der Waals surface area (Å²) in [6, 6.07) is 2.06. The Morgan fingerprint density at radius 2 is 2.00 bits per heavy atom. The Morgan fingerprint density at radius 3 is 2.64 bits per heavy atom. The minimum absolute atomic E-state index is 0.0349. The number of halogens is 2. The molecule has 33 heavy (non-hydrogen) atoms. The second kappa shape index (κ2) is 10.3. The number of amides is 3. The van der Waals surface area contributed by atoms with Crippen LogP contribution in [-0.2, 0) is 14.3 Å². The van der Waals surface area contributed by atoms with Gasteiger partial charge >= 0.3 is 6.09 Å². The molecule has 0 spiro atoms. The highest BCUT2D eigenvalue weighted by molar-refractivity contribution is 5.90. The van der Waals surface area contributed by atoms with E-state index in [0.29, 0.717) is 0 Å². The minimum atomic E-state index is -0.911. The fraction of sp³-hybridized carbons (Fsp3) is 0.421. The smallest absolute Gasteiger partial charge is 0.416 e. The molecule has 12 nitrogen and oxygen atoms in total. The molecule has 0 bridgehead atoms. The predicted octanol–water partition coefficient (Wildman–Crippen LogP) is -0.858. The minimum Gasteiger partial charge on any atom is -0.423 e. The van der Waals surface area contributed by atoms with Crippen molar-refractivity contribution in [2.24, 2.45) is 11.6 Å². The number of nitrogens with two attached hydrogens (primary N) is 2. The number of hydrogen-bond donors (Lipinski definition) is 4. The molecule has 2 aliphatic heterocycles. The molecule has 3 rings (SSSR count). The van der Waals surface area contributed by atoms with Crippen molar-refractivity contribution < 1.29 is 27.9 Å². The zero-order valence-electron chi connectivity index (χ0n) is 18.0. The van der Waals surface area contributed by atoms with Gasteiger partial charge in [-0.1, -0.05) is 0 Å². The summed E-state index contributed by atoms with van der Waals surface area (Å²) in [5.74, 6) is 3.13. The average Bonchev–Trinajstić information content (AvgIpc) is 2.92. The van der Waals surface area contributed by atoms with Crippen molar-refractivity contribution in [1.29, 1.82) is 0 Å². The van der Waals surface area contributed by atoms with Gasteiger partial charge in [0.15, 0.2) is 17.9 Å². The van der Waals surface area contributed by atoms with E-state index in [1.165, 1.54) is 29.2 Å². The van der Waals surface area contributed by atoms with Crippen molar-refractivity contribution in [2.45, 2.75) is 13.2 Å².